The number of fused-ring (bicyclic) bond motifs is 4. The van der Waals surface area contributed by atoms with Gasteiger partial charge in [0.25, 0.3) is 0 Å². The van der Waals surface area contributed by atoms with Gasteiger partial charge in [-0.3, -0.25) is 9.20 Å². The largest absolute Gasteiger partial charge is 0.481 e. The van der Waals surface area contributed by atoms with Crippen molar-refractivity contribution < 1.29 is 31.5 Å². The third kappa shape index (κ3) is 5.39. The molecule has 232 valence electrons. The topological polar surface area (TPSA) is 121 Å². The van der Waals surface area contributed by atoms with E-state index in [2.05, 4.69) is 20.1 Å². The summed E-state index contributed by atoms with van der Waals surface area (Å²) >= 11 is 6.61. The smallest absolute Gasteiger partial charge is 0.452 e. The second-order valence-electron chi connectivity index (χ2n) is 11.1. The molecule has 0 unspecified atom stereocenters. The maximum absolute atomic E-state index is 14.0. The lowest BCUT2D eigenvalue weighted by Gasteiger charge is -2.36. The predicted octanol–water partition coefficient (Wildman–Crippen LogP) is 5.27. The van der Waals surface area contributed by atoms with Crippen LogP contribution in [0.15, 0.2) is 53.7 Å². The molecule has 15 heteroatoms. The normalized spacial score (nSPS) is 19.3. The summed E-state index contributed by atoms with van der Waals surface area (Å²) in [5.41, 5.74) is 1.74. The van der Waals surface area contributed by atoms with Crippen LogP contribution < -0.4 is 4.90 Å². The molecule has 3 aromatic heterocycles. The summed E-state index contributed by atoms with van der Waals surface area (Å²) in [5, 5.41) is 17.1. The molecule has 0 aliphatic carbocycles. The first-order valence-corrected chi connectivity index (χ1v) is 15.8. The summed E-state index contributed by atoms with van der Waals surface area (Å²) in [5.74, 6) is -2.66. The van der Waals surface area contributed by atoms with E-state index in [1.807, 2.05) is 0 Å². The molecule has 44 heavy (non-hydrogen) atoms. The van der Waals surface area contributed by atoms with E-state index in [1.165, 1.54) is 16.6 Å². The molecule has 1 aromatic carbocycles. The van der Waals surface area contributed by atoms with Crippen LogP contribution in [0.25, 0.3) is 5.65 Å². The zero-order valence-electron chi connectivity index (χ0n) is 23.5. The number of carboxylic acids is 1. The molecule has 1 N–H and O–H groups in total. The Morgan fingerprint density at radius 2 is 1.98 bits per heavy atom. The van der Waals surface area contributed by atoms with Crippen molar-refractivity contribution in [2.45, 2.75) is 62.2 Å². The highest BCUT2D eigenvalue weighted by atomic mass is 35.5. The van der Waals surface area contributed by atoms with Crippen LogP contribution in [-0.2, 0) is 27.5 Å². The molecule has 2 aliphatic rings. The first-order valence-electron chi connectivity index (χ1n) is 14.0. The van der Waals surface area contributed by atoms with Crippen LogP contribution in [-0.4, -0.2) is 62.5 Å². The molecule has 0 bridgehead atoms. The van der Waals surface area contributed by atoms with Gasteiger partial charge in [-0.05, 0) is 72.7 Å². The number of nitrogens with zero attached hydrogens (tertiary/aromatic N) is 6. The number of aliphatic carboxylic acids is 1. The molecule has 0 radical (unpaired) electrons. The quantitative estimate of drug-likeness (QED) is 0.300. The van der Waals surface area contributed by atoms with Crippen molar-refractivity contribution in [3.05, 3.63) is 81.9 Å². The lowest BCUT2D eigenvalue weighted by molar-refractivity contribution is -0.145. The van der Waals surface area contributed by atoms with Crippen molar-refractivity contribution in [1.82, 2.24) is 23.9 Å². The van der Waals surface area contributed by atoms with Gasteiger partial charge in [0, 0.05) is 49.0 Å². The SMILES string of the molecule is Cc1c([C@@H](CC(=O)O)c2ccc(Cl)c(CN3C[C@@H]4CCCCN4c4ncccc4S3(=O)=O)c2)ccn2c(C(F)(F)F)nnc12. The number of aromatic nitrogens is 4. The second kappa shape index (κ2) is 11.3. The van der Waals surface area contributed by atoms with E-state index in [4.69, 9.17) is 11.6 Å². The minimum Gasteiger partial charge on any atom is -0.481 e. The fraction of sp³-hybridized carbons (Fsp3) is 0.379. The fourth-order valence-corrected chi connectivity index (χ4v) is 8.05. The number of sulfonamides is 1. The minimum absolute atomic E-state index is 0.0422. The maximum atomic E-state index is 14.0. The number of benzene rings is 1. The Balaban J connectivity index is 1.40. The molecule has 0 saturated carbocycles. The molecule has 1 saturated heterocycles. The molecule has 2 atom stereocenters. The number of hydrogen-bond acceptors (Lipinski definition) is 7. The Kier molecular flexibility index (Phi) is 7.79. The first-order chi connectivity index (χ1) is 20.9. The number of aryl methyl sites for hydroxylation is 1. The van der Waals surface area contributed by atoms with Crippen molar-refractivity contribution in [2.75, 3.05) is 18.0 Å². The Morgan fingerprint density at radius 3 is 2.73 bits per heavy atom. The third-order valence-corrected chi connectivity index (χ3v) is 10.6. The number of rotatable bonds is 6. The number of piperidine rings is 1. The summed E-state index contributed by atoms with van der Waals surface area (Å²) in [6.45, 7) is 2.42. The first kappa shape index (κ1) is 30.3. The van der Waals surface area contributed by atoms with Gasteiger partial charge in [0.05, 0.1) is 6.42 Å². The van der Waals surface area contributed by atoms with Gasteiger partial charge in [0.2, 0.25) is 15.8 Å². The van der Waals surface area contributed by atoms with E-state index in [-0.39, 0.29) is 36.1 Å². The summed E-state index contributed by atoms with van der Waals surface area (Å²) in [6.07, 6.45) is 0.359. The van der Waals surface area contributed by atoms with Crippen LogP contribution in [0.3, 0.4) is 0 Å². The van der Waals surface area contributed by atoms with Crippen molar-refractivity contribution in [3.8, 4) is 0 Å². The Labute approximate surface area is 256 Å². The summed E-state index contributed by atoms with van der Waals surface area (Å²) in [7, 11) is -3.97. The van der Waals surface area contributed by atoms with Crippen LogP contribution >= 0.6 is 11.6 Å². The van der Waals surface area contributed by atoms with E-state index in [0.717, 1.165) is 23.7 Å². The number of carbonyl (C=O) groups is 1. The number of carboxylic acid groups (broad SMARTS) is 1. The molecular formula is C29H28ClF3N6O4S. The average Bonchev–Trinajstić information content (AvgIpc) is 3.40. The Bertz CT molecular complexity index is 1870. The monoisotopic (exact) mass is 648 g/mol. The number of pyridine rings is 2. The molecular weight excluding hydrogens is 621 g/mol. The third-order valence-electron chi connectivity index (χ3n) is 8.38. The molecule has 5 heterocycles. The lowest BCUT2D eigenvalue weighted by Crippen LogP contribution is -2.45. The molecule has 10 nitrogen and oxygen atoms in total. The molecule has 4 aromatic rings. The van der Waals surface area contributed by atoms with Crippen LogP contribution in [0.2, 0.25) is 5.02 Å². The number of halogens is 4. The molecule has 1 fully saturated rings. The van der Waals surface area contributed by atoms with Gasteiger partial charge in [0.1, 0.15) is 10.7 Å². The number of hydrogen-bond donors (Lipinski definition) is 1. The van der Waals surface area contributed by atoms with Crippen LogP contribution in [0.1, 0.15) is 59.7 Å². The molecule has 6 rings (SSSR count). The van der Waals surface area contributed by atoms with Crippen LogP contribution in [0.4, 0.5) is 19.0 Å². The van der Waals surface area contributed by atoms with Crippen molar-refractivity contribution >= 4 is 39.1 Å². The zero-order chi connectivity index (χ0) is 31.4. The van der Waals surface area contributed by atoms with Gasteiger partial charge in [-0.25, -0.2) is 13.4 Å². The molecule has 2 aliphatic heterocycles. The highest BCUT2D eigenvalue weighted by molar-refractivity contribution is 7.89. The summed E-state index contributed by atoms with van der Waals surface area (Å²) in [6, 6.07) is 9.41. The van der Waals surface area contributed by atoms with Crippen molar-refractivity contribution in [1.29, 1.82) is 0 Å². The van der Waals surface area contributed by atoms with Gasteiger partial charge in [0.15, 0.2) is 5.65 Å². The molecule has 0 amide bonds. The van der Waals surface area contributed by atoms with Gasteiger partial charge in [-0.2, -0.15) is 17.5 Å². The van der Waals surface area contributed by atoms with E-state index in [9.17, 15) is 31.5 Å². The standard InChI is InChI=1S/C29H28ClF3N6O4S/c1-17-21(9-12-39-26(17)35-36-28(39)29(31,32)33)22(14-25(40)41)18-7-8-23(30)19(13-18)15-37-16-20-5-2-3-11-38(20)27-24(44(37,42)43)6-4-10-34-27/h4,6-10,12-13,20,22H,2-3,5,11,14-16H2,1H3,(H,40,41)/t20-,22-/m0/s1. The van der Waals surface area contributed by atoms with Gasteiger partial charge < -0.3 is 10.0 Å². The fourth-order valence-electron chi connectivity index (χ4n) is 6.26. The predicted molar refractivity (Wildman–Crippen MR) is 155 cm³/mol. The number of alkyl halides is 3. The zero-order valence-corrected chi connectivity index (χ0v) is 25.1. The van der Waals surface area contributed by atoms with E-state index < -0.39 is 33.9 Å². The summed E-state index contributed by atoms with van der Waals surface area (Å²) < 4.78 is 70.5. The lowest BCUT2D eigenvalue weighted by atomic mass is 9.86. The van der Waals surface area contributed by atoms with Crippen molar-refractivity contribution in [3.63, 3.8) is 0 Å². The highest BCUT2D eigenvalue weighted by Gasteiger charge is 2.40. The summed E-state index contributed by atoms with van der Waals surface area (Å²) in [4.78, 5) is 18.6. The van der Waals surface area contributed by atoms with E-state index in [0.29, 0.717) is 39.6 Å². The minimum atomic E-state index is -4.72. The molecule has 0 spiro atoms. The Hall–Kier alpha value is -3.75. The second-order valence-corrected chi connectivity index (χ2v) is 13.4. The van der Waals surface area contributed by atoms with Crippen LogP contribution in [0, 0.1) is 6.92 Å². The van der Waals surface area contributed by atoms with Crippen LogP contribution in [0.5, 0.6) is 0 Å². The van der Waals surface area contributed by atoms with Gasteiger partial charge >= 0.3 is 12.1 Å². The Morgan fingerprint density at radius 1 is 1.18 bits per heavy atom. The average molecular weight is 649 g/mol. The van der Waals surface area contributed by atoms with Gasteiger partial charge in [-0.1, -0.05) is 23.7 Å². The highest BCUT2D eigenvalue weighted by Crippen LogP contribution is 2.38. The van der Waals surface area contributed by atoms with Crippen molar-refractivity contribution in [2.24, 2.45) is 0 Å². The van der Waals surface area contributed by atoms with Gasteiger partial charge in [-0.15, -0.1) is 10.2 Å². The number of anilines is 1. The van der Waals surface area contributed by atoms with E-state index in [1.54, 1.807) is 43.5 Å². The van der Waals surface area contributed by atoms with E-state index >= 15 is 0 Å². The maximum Gasteiger partial charge on any atom is 0.452 e.